The average molecular weight is 227 g/mol. The van der Waals surface area contributed by atoms with Gasteiger partial charge >= 0.3 is 0 Å². The summed E-state index contributed by atoms with van der Waals surface area (Å²) >= 11 is 1.65. The fourth-order valence-corrected chi connectivity index (χ4v) is 2.07. The summed E-state index contributed by atoms with van der Waals surface area (Å²) < 4.78 is 0. The Balaban J connectivity index is 2.33. The third-order valence-corrected chi connectivity index (χ3v) is 3.16. The Morgan fingerprint density at radius 3 is 2.60 bits per heavy atom. The maximum atomic E-state index is 9.84. The van der Waals surface area contributed by atoms with Crippen molar-refractivity contribution in [3.05, 3.63) is 16.1 Å². The van der Waals surface area contributed by atoms with Gasteiger partial charge in [-0.2, -0.15) is 0 Å². The van der Waals surface area contributed by atoms with E-state index in [1.54, 1.807) is 11.3 Å². The largest absolute Gasteiger partial charge is 0.393 e. The highest BCUT2D eigenvalue weighted by Crippen LogP contribution is 2.22. The molecule has 0 aliphatic carbocycles. The number of hydrogen-bond acceptors (Lipinski definition) is 3. The molecule has 0 amide bonds. The monoisotopic (exact) mass is 227 g/mol. The van der Waals surface area contributed by atoms with Gasteiger partial charge in [-0.3, -0.25) is 0 Å². The second kappa shape index (κ2) is 5.08. The van der Waals surface area contributed by atoms with Crippen LogP contribution in [0.4, 0.5) is 0 Å². The summed E-state index contributed by atoms with van der Waals surface area (Å²) in [5, 5.41) is 13.0. The molecule has 15 heavy (non-hydrogen) atoms. The minimum absolute atomic E-state index is 0.245. The van der Waals surface area contributed by atoms with Crippen molar-refractivity contribution in [1.29, 1.82) is 0 Å². The molecular weight excluding hydrogens is 206 g/mol. The smallest absolute Gasteiger partial charge is 0.0897 e. The summed E-state index contributed by atoms with van der Waals surface area (Å²) in [4.78, 5) is 4.35. The van der Waals surface area contributed by atoms with Gasteiger partial charge in [0.2, 0.25) is 0 Å². The lowest BCUT2D eigenvalue weighted by Crippen LogP contribution is -2.15. The molecule has 1 atom stereocenters. The van der Waals surface area contributed by atoms with Gasteiger partial charge in [-0.25, -0.2) is 4.98 Å². The van der Waals surface area contributed by atoms with Crippen molar-refractivity contribution < 1.29 is 5.11 Å². The molecule has 0 saturated carbocycles. The molecule has 0 aliphatic rings. The molecule has 0 fully saturated rings. The average Bonchev–Trinajstić information content (AvgIpc) is 2.47. The Hall–Kier alpha value is -0.410. The van der Waals surface area contributed by atoms with Gasteiger partial charge in [0.05, 0.1) is 16.8 Å². The van der Waals surface area contributed by atoms with Crippen molar-refractivity contribution in [1.82, 2.24) is 4.98 Å². The third-order valence-electron chi connectivity index (χ3n) is 2.34. The van der Waals surface area contributed by atoms with Crippen LogP contribution in [0.5, 0.6) is 0 Å². The van der Waals surface area contributed by atoms with E-state index in [1.165, 1.54) is 0 Å². The van der Waals surface area contributed by atoms with Crippen LogP contribution in [0, 0.1) is 12.3 Å². The SMILES string of the molecule is Cc1nc(CC(O)CCC(C)(C)C)cs1. The first-order valence-electron chi connectivity index (χ1n) is 5.46. The summed E-state index contributed by atoms with van der Waals surface area (Å²) in [5.41, 5.74) is 1.33. The van der Waals surface area contributed by atoms with E-state index in [-0.39, 0.29) is 6.10 Å². The first-order chi connectivity index (χ1) is 6.87. The maximum Gasteiger partial charge on any atom is 0.0897 e. The van der Waals surface area contributed by atoms with Crippen molar-refractivity contribution in [2.24, 2.45) is 5.41 Å². The van der Waals surface area contributed by atoms with Gasteiger partial charge in [0.25, 0.3) is 0 Å². The zero-order valence-corrected chi connectivity index (χ0v) is 10.9. The molecule has 0 spiro atoms. The molecule has 0 bridgehead atoms. The quantitative estimate of drug-likeness (QED) is 0.857. The lowest BCUT2D eigenvalue weighted by Gasteiger charge is -2.19. The number of aryl methyl sites for hydroxylation is 1. The van der Waals surface area contributed by atoms with E-state index in [4.69, 9.17) is 0 Å². The van der Waals surface area contributed by atoms with Crippen molar-refractivity contribution in [2.75, 3.05) is 0 Å². The minimum Gasteiger partial charge on any atom is -0.393 e. The number of aliphatic hydroxyl groups excluding tert-OH is 1. The van der Waals surface area contributed by atoms with E-state index in [0.29, 0.717) is 11.8 Å². The van der Waals surface area contributed by atoms with E-state index in [1.807, 2.05) is 12.3 Å². The maximum absolute atomic E-state index is 9.84. The summed E-state index contributed by atoms with van der Waals surface area (Å²) in [6, 6.07) is 0. The number of aliphatic hydroxyl groups is 1. The predicted molar refractivity (Wildman–Crippen MR) is 65.3 cm³/mol. The van der Waals surface area contributed by atoms with E-state index in [9.17, 15) is 5.11 Å². The highest BCUT2D eigenvalue weighted by Gasteiger charge is 2.14. The Morgan fingerprint density at radius 1 is 1.47 bits per heavy atom. The molecule has 0 aromatic carbocycles. The highest BCUT2D eigenvalue weighted by atomic mass is 32.1. The van der Waals surface area contributed by atoms with Crippen molar-refractivity contribution in [2.45, 2.75) is 53.1 Å². The van der Waals surface area contributed by atoms with Crippen LogP contribution in [-0.2, 0) is 6.42 Å². The Kier molecular flexibility index (Phi) is 4.29. The molecule has 1 aromatic rings. The lowest BCUT2D eigenvalue weighted by molar-refractivity contribution is 0.145. The number of aromatic nitrogens is 1. The Labute approximate surface area is 96.4 Å². The standard InChI is InChI=1S/C12H21NOS/c1-9-13-10(8-15-9)7-11(14)5-6-12(2,3)4/h8,11,14H,5-7H2,1-4H3. The summed E-state index contributed by atoms with van der Waals surface area (Å²) in [5.74, 6) is 0. The van der Waals surface area contributed by atoms with Gasteiger partial charge in [0, 0.05) is 11.8 Å². The fourth-order valence-electron chi connectivity index (χ4n) is 1.45. The van der Waals surface area contributed by atoms with Gasteiger partial charge in [0.1, 0.15) is 0 Å². The summed E-state index contributed by atoms with van der Waals surface area (Å²) in [6.45, 7) is 8.60. The summed E-state index contributed by atoms with van der Waals surface area (Å²) in [6.07, 6.45) is 2.36. The van der Waals surface area contributed by atoms with Gasteiger partial charge in [-0.05, 0) is 25.2 Å². The zero-order valence-electron chi connectivity index (χ0n) is 10.1. The molecule has 1 aromatic heterocycles. The number of thiazole rings is 1. The minimum atomic E-state index is -0.245. The van der Waals surface area contributed by atoms with Crippen LogP contribution in [0.1, 0.15) is 44.3 Å². The molecule has 1 heterocycles. The molecule has 2 nitrogen and oxygen atoms in total. The Bertz CT molecular complexity index is 301. The first-order valence-corrected chi connectivity index (χ1v) is 6.34. The molecule has 1 rings (SSSR count). The Morgan fingerprint density at radius 2 is 2.13 bits per heavy atom. The number of nitrogens with zero attached hydrogens (tertiary/aromatic N) is 1. The molecule has 3 heteroatoms. The lowest BCUT2D eigenvalue weighted by atomic mass is 9.88. The van der Waals surface area contributed by atoms with Crippen molar-refractivity contribution in [3.8, 4) is 0 Å². The van der Waals surface area contributed by atoms with Crippen LogP contribution in [0.3, 0.4) is 0 Å². The molecule has 1 N–H and O–H groups in total. The van der Waals surface area contributed by atoms with Crippen LogP contribution in [0.15, 0.2) is 5.38 Å². The van der Waals surface area contributed by atoms with Gasteiger partial charge in [0.15, 0.2) is 0 Å². The number of hydrogen-bond donors (Lipinski definition) is 1. The van der Waals surface area contributed by atoms with E-state index in [2.05, 4.69) is 25.8 Å². The third kappa shape index (κ3) is 5.28. The fraction of sp³-hybridized carbons (Fsp3) is 0.750. The molecule has 86 valence electrons. The van der Waals surface area contributed by atoms with Gasteiger partial charge < -0.3 is 5.11 Å². The number of rotatable bonds is 4. The van der Waals surface area contributed by atoms with Crippen LogP contribution < -0.4 is 0 Å². The normalized spacial score (nSPS) is 14.2. The topological polar surface area (TPSA) is 33.1 Å². The van der Waals surface area contributed by atoms with E-state index >= 15 is 0 Å². The van der Waals surface area contributed by atoms with Crippen molar-refractivity contribution in [3.63, 3.8) is 0 Å². The summed E-state index contributed by atoms with van der Waals surface area (Å²) in [7, 11) is 0. The molecule has 0 aliphatic heterocycles. The molecular formula is C12H21NOS. The van der Waals surface area contributed by atoms with E-state index < -0.39 is 0 Å². The van der Waals surface area contributed by atoms with Crippen molar-refractivity contribution >= 4 is 11.3 Å². The molecule has 1 unspecified atom stereocenters. The van der Waals surface area contributed by atoms with Crippen LogP contribution in [0.2, 0.25) is 0 Å². The second-order valence-corrected chi connectivity index (χ2v) is 6.38. The van der Waals surface area contributed by atoms with Gasteiger partial charge in [-0.15, -0.1) is 11.3 Å². The molecule has 0 radical (unpaired) electrons. The van der Waals surface area contributed by atoms with Crippen LogP contribution >= 0.6 is 11.3 Å². The predicted octanol–water partition coefficient (Wildman–Crippen LogP) is 3.18. The second-order valence-electron chi connectivity index (χ2n) is 5.32. The van der Waals surface area contributed by atoms with Gasteiger partial charge in [-0.1, -0.05) is 20.8 Å². The van der Waals surface area contributed by atoms with Crippen LogP contribution in [-0.4, -0.2) is 16.2 Å². The van der Waals surface area contributed by atoms with Crippen LogP contribution in [0.25, 0.3) is 0 Å². The highest BCUT2D eigenvalue weighted by molar-refractivity contribution is 7.09. The zero-order chi connectivity index (χ0) is 11.5. The van der Waals surface area contributed by atoms with E-state index in [0.717, 1.165) is 23.5 Å². The molecule has 0 saturated heterocycles. The first kappa shape index (κ1) is 12.7.